The Morgan fingerprint density at radius 3 is 2.24 bits per heavy atom. The summed E-state index contributed by atoms with van der Waals surface area (Å²) in [5, 5.41) is 19.6. The summed E-state index contributed by atoms with van der Waals surface area (Å²) in [6, 6.07) is 14.2. The number of hydrogen-bond acceptors (Lipinski definition) is 7. The van der Waals surface area contributed by atoms with Crippen molar-refractivity contribution in [3.05, 3.63) is 91.9 Å². The molecule has 2 aromatic carbocycles. The van der Waals surface area contributed by atoms with Gasteiger partial charge in [-0.05, 0) is 44.7 Å². The van der Waals surface area contributed by atoms with Crippen molar-refractivity contribution in [3.8, 4) is 0 Å². The van der Waals surface area contributed by atoms with Crippen LogP contribution in [0.4, 0.5) is 10.5 Å². The van der Waals surface area contributed by atoms with Gasteiger partial charge in [-0.25, -0.2) is 9.78 Å². The molecule has 0 aliphatic carbocycles. The van der Waals surface area contributed by atoms with E-state index in [1.165, 1.54) is 23.5 Å². The Kier molecular flexibility index (Phi) is 9.35. The third-order valence-corrected chi connectivity index (χ3v) is 6.43. The second-order valence-corrected chi connectivity index (χ2v) is 10.5. The molecular weight excluding hydrogens is 492 g/mol. The van der Waals surface area contributed by atoms with Crippen LogP contribution in [0.5, 0.6) is 0 Å². The molecule has 2 atom stereocenters. The highest BCUT2D eigenvalue weighted by atomic mass is 32.1. The summed E-state index contributed by atoms with van der Waals surface area (Å²) in [7, 11) is 0. The maximum atomic E-state index is 13.5. The Hall–Kier alpha value is -3.79. The zero-order valence-corrected chi connectivity index (χ0v) is 22.2. The molecule has 0 radical (unpaired) electrons. The molecular formula is C27H32N4O5S. The fraction of sp³-hybridized carbons (Fsp3) is 0.370. The first-order valence-electron chi connectivity index (χ1n) is 12.1. The third-order valence-electron chi connectivity index (χ3n) is 5.42. The van der Waals surface area contributed by atoms with Gasteiger partial charge in [0.1, 0.15) is 11.6 Å². The van der Waals surface area contributed by atoms with Gasteiger partial charge in [0.25, 0.3) is 5.69 Å². The molecule has 196 valence electrons. The van der Waals surface area contributed by atoms with E-state index in [-0.39, 0.29) is 18.0 Å². The minimum atomic E-state index is -0.888. The normalized spacial score (nSPS) is 12.9. The molecule has 3 aromatic rings. The van der Waals surface area contributed by atoms with Gasteiger partial charge in [0.05, 0.1) is 21.7 Å². The highest BCUT2D eigenvalue weighted by molar-refractivity contribution is 7.09. The van der Waals surface area contributed by atoms with E-state index in [4.69, 9.17) is 4.74 Å². The van der Waals surface area contributed by atoms with Crippen molar-refractivity contribution in [1.82, 2.24) is 15.6 Å². The zero-order chi connectivity index (χ0) is 27.0. The predicted octanol–water partition coefficient (Wildman–Crippen LogP) is 5.15. The van der Waals surface area contributed by atoms with Crippen molar-refractivity contribution in [2.75, 3.05) is 0 Å². The molecule has 0 aliphatic heterocycles. The lowest BCUT2D eigenvalue weighted by atomic mass is 10.0. The molecule has 10 heteroatoms. The molecule has 1 heterocycles. The zero-order valence-electron chi connectivity index (χ0n) is 21.4. The number of aromatic nitrogens is 1. The number of carbonyl (C=O) groups is 2. The van der Waals surface area contributed by atoms with Gasteiger partial charge in [-0.2, -0.15) is 0 Å². The highest BCUT2D eigenvalue weighted by Crippen LogP contribution is 2.23. The molecule has 0 bridgehead atoms. The molecule has 0 spiro atoms. The number of rotatable bonds is 10. The Labute approximate surface area is 220 Å². The summed E-state index contributed by atoms with van der Waals surface area (Å²) in [4.78, 5) is 41.3. The van der Waals surface area contributed by atoms with Gasteiger partial charge in [-0.15, -0.1) is 11.3 Å². The van der Waals surface area contributed by atoms with E-state index in [0.29, 0.717) is 12.1 Å². The van der Waals surface area contributed by atoms with Crippen molar-refractivity contribution in [3.63, 3.8) is 0 Å². The van der Waals surface area contributed by atoms with E-state index in [9.17, 15) is 19.7 Å². The number of aryl methyl sites for hydroxylation is 1. The number of hydrogen-bond donors (Lipinski definition) is 2. The van der Waals surface area contributed by atoms with Gasteiger partial charge >= 0.3 is 6.09 Å². The quantitative estimate of drug-likeness (QED) is 0.279. The Morgan fingerprint density at radius 1 is 1.03 bits per heavy atom. The molecule has 0 unspecified atom stereocenters. The summed E-state index contributed by atoms with van der Waals surface area (Å²) in [6.45, 7) is 7.28. The highest BCUT2D eigenvalue weighted by Gasteiger charge is 2.28. The van der Waals surface area contributed by atoms with Crippen LogP contribution < -0.4 is 10.6 Å². The standard InChI is InChI=1S/C27H32N4O5S/c1-5-24-28-23(17-37-24)21(15-19-11-13-20(14-12-19)31(34)35)29-25(32)22(16-18-9-7-6-8-10-18)30-26(33)36-27(2,3)4/h6-14,17,21-22H,5,15-16H2,1-4H3,(H,29,32)(H,30,33)/t21-,22-/m0/s1. The lowest BCUT2D eigenvalue weighted by molar-refractivity contribution is -0.384. The topological polar surface area (TPSA) is 123 Å². The fourth-order valence-corrected chi connectivity index (χ4v) is 4.45. The molecule has 0 saturated carbocycles. The van der Waals surface area contributed by atoms with Gasteiger partial charge in [0.15, 0.2) is 0 Å². The second-order valence-electron chi connectivity index (χ2n) is 9.60. The Balaban J connectivity index is 1.84. The Morgan fingerprint density at radius 2 is 1.68 bits per heavy atom. The summed E-state index contributed by atoms with van der Waals surface area (Å²) in [5.41, 5.74) is 1.67. The summed E-state index contributed by atoms with van der Waals surface area (Å²) in [6.07, 6.45) is 0.728. The van der Waals surface area contributed by atoms with Crippen molar-refractivity contribution >= 4 is 29.0 Å². The van der Waals surface area contributed by atoms with Crippen LogP contribution in [0.15, 0.2) is 60.0 Å². The number of benzene rings is 2. The first-order chi connectivity index (χ1) is 17.5. The summed E-state index contributed by atoms with van der Waals surface area (Å²) in [5.74, 6) is -0.382. The van der Waals surface area contributed by atoms with Crippen LogP contribution in [0.2, 0.25) is 0 Å². The van der Waals surface area contributed by atoms with E-state index in [1.54, 1.807) is 32.9 Å². The number of ether oxygens (including phenoxy) is 1. The minimum absolute atomic E-state index is 0.00394. The largest absolute Gasteiger partial charge is 0.444 e. The van der Waals surface area contributed by atoms with Crippen molar-refractivity contribution < 1.29 is 19.2 Å². The van der Waals surface area contributed by atoms with Crippen LogP contribution in [0, 0.1) is 10.1 Å². The molecule has 3 rings (SSSR count). The van der Waals surface area contributed by atoms with Gasteiger partial charge in [-0.3, -0.25) is 14.9 Å². The predicted molar refractivity (Wildman–Crippen MR) is 142 cm³/mol. The molecule has 37 heavy (non-hydrogen) atoms. The average Bonchev–Trinajstić information content (AvgIpc) is 3.32. The van der Waals surface area contributed by atoms with E-state index in [0.717, 1.165) is 22.6 Å². The third kappa shape index (κ3) is 8.68. The second kappa shape index (κ2) is 12.4. The molecule has 0 fully saturated rings. The number of nitrogens with one attached hydrogen (secondary N) is 2. The average molecular weight is 525 g/mol. The van der Waals surface area contributed by atoms with Crippen LogP contribution >= 0.6 is 11.3 Å². The van der Waals surface area contributed by atoms with Gasteiger partial charge < -0.3 is 15.4 Å². The number of non-ortho nitro benzene ring substituents is 1. The monoisotopic (exact) mass is 524 g/mol. The van der Waals surface area contributed by atoms with Crippen molar-refractivity contribution in [1.29, 1.82) is 0 Å². The molecule has 0 saturated heterocycles. The first-order valence-corrected chi connectivity index (χ1v) is 12.9. The van der Waals surface area contributed by atoms with Gasteiger partial charge in [0, 0.05) is 23.9 Å². The number of nitro benzene ring substituents is 1. The van der Waals surface area contributed by atoms with Crippen molar-refractivity contribution in [2.24, 2.45) is 0 Å². The number of thiazole rings is 1. The van der Waals surface area contributed by atoms with Crippen LogP contribution in [0.1, 0.15) is 55.6 Å². The molecule has 2 amide bonds. The van der Waals surface area contributed by atoms with E-state index in [2.05, 4.69) is 15.6 Å². The number of nitro groups is 1. The van der Waals surface area contributed by atoms with Gasteiger partial charge in [-0.1, -0.05) is 49.4 Å². The number of amides is 2. The Bertz CT molecular complexity index is 1210. The number of carbonyl (C=O) groups excluding carboxylic acids is 2. The van der Waals surface area contributed by atoms with Gasteiger partial charge in [0.2, 0.25) is 5.91 Å². The lowest BCUT2D eigenvalue weighted by Crippen LogP contribution is -2.50. The fourth-order valence-electron chi connectivity index (χ4n) is 3.65. The van der Waals surface area contributed by atoms with Crippen molar-refractivity contribution in [2.45, 2.75) is 64.6 Å². The van der Waals surface area contributed by atoms with Crippen LogP contribution in [0.3, 0.4) is 0 Å². The summed E-state index contributed by atoms with van der Waals surface area (Å²) >= 11 is 1.51. The van der Waals surface area contributed by atoms with Crippen LogP contribution in [-0.2, 0) is 28.8 Å². The molecule has 2 N–H and O–H groups in total. The number of alkyl carbamates (subject to hydrolysis) is 1. The van der Waals surface area contributed by atoms with E-state index >= 15 is 0 Å². The SMILES string of the molecule is CCc1nc([C@H](Cc2ccc([N+](=O)[O-])cc2)NC(=O)[C@H](Cc2ccccc2)NC(=O)OC(C)(C)C)cs1. The molecule has 1 aromatic heterocycles. The molecule has 0 aliphatic rings. The van der Waals surface area contributed by atoms with E-state index < -0.39 is 28.7 Å². The first kappa shape index (κ1) is 27.8. The number of nitrogens with zero attached hydrogens (tertiary/aromatic N) is 2. The molecule has 9 nitrogen and oxygen atoms in total. The smallest absolute Gasteiger partial charge is 0.408 e. The lowest BCUT2D eigenvalue weighted by Gasteiger charge is -2.25. The van der Waals surface area contributed by atoms with E-state index in [1.807, 2.05) is 42.6 Å². The van der Waals surface area contributed by atoms with Crippen LogP contribution in [0.25, 0.3) is 0 Å². The maximum absolute atomic E-state index is 13.5. The van der Waals surface area contributed by atoms with Crippen LogP contribution in [-0.4, -0.2) is 33.6 Å². The maximum Gasteiger partial charge on any atom is 0.408 e. The summed E-state index contributed by atoms with van der Waals surface area (Å²) < 4.78 is 5.39. The minimum Gasteiger partial charge on any atom is -0.444 e.